The molecule has 1 spiro atoms. The molecule has 1 unspecified atom stereocenters. The molecule has 0 radical (unpaired) electrons. The van der Waals surface area contributed by atoms with Crippen molar-refractivity contribution in [1.29, 1.82) is 0 Å². The maximum Gasteiger partial charge on any atom is 0.339 e. The fourth-order valence-electron chi connectivity index (χ4n) is 5.00. The highest BCUT2D eigenvalue weighted by Gasteiger charge is 2.72. The van der Waals surface area contributed by atoms with Crippen LogP contribution in [0.15, 0.2) is 21.4 Å². The third kappa shape index (κ3) is 1.43. The van der Waals surface area contributed by atoms with E-state index < -0.39 is 17.2 Å². The van der Waals surface area contributed by atoms with Crippen LogP contribution < -0.4 is 0 Å². The first-order valence-electron chi connectivity index (χ1n) is 7.95. The Labute approximate surface area is 124 Å². The molecule has 4 rings (SSSR count). The van der Waals surface area contributed by atoms with Crippen molar-refractivity contribution in [2.24, 2.45) is 15.6 Å². The fourth-order valence-corrected chi connectivity index (χ4v) is 5.00. The van der Waals surface area contributed by atoms with Crippen molar-refractivity contribution in [3.63, 3.8) is 0 Å². The van der Waals surface area contributed by atoms with Gasteiger partial charge < -0.3 is 9.84 Å². The van der Waals surface area contributed by atoms with Gasteiger partial charge in [-0.3, -0.25) is 0 Å². The molecule has 1 saturated carbocycles. The number of rotatable bonds is 0. The zero-order valence-electron chi connectivity index (χ0n) is 12.7. The van der Waals surface area contributed by atoms with Crippen LogP contribution in [0.25, 0.3) is 0 Å². The van der Waals surface area contributed by atoms with Gasteiger partial charge in [0.05, 0.1) is 6.54 Å². The molecule has 0 aromatic carbocycles. The van der Waals surface area contributed by atoms with E-state index in [0.29, 0.717) is 19.4 Å². The molecule has 21 heavy (non-hydrogen) atoms. The number of carbonyl (C=O) groups is 1. The molecule has 0 aromatic rings. The van der Waals surface area contributed by atoms with Crippen molar-refractivity contribution < 1.29 is 14.6 Å². The maximum absolute atomic E-state index is 12.5. The molecule has 4 aliphatic rings. The van der Waals surface area contributed by atoms with Gasteiger partial charge in [-0.05, 0) is 50.0 Å². The van der Waals surface area contributed by atoms with Crippen LogP contribution >= 0.6 is 0 Å². The summed E-state index contributed by atoms with van der Waals surface area (Å²) in [5.41, 5.74) is 0.142. The van der Waals surface area contributed by atoms with Crippen LogP contribution in [0.2, 0.25) is 0 Å². The summed E-state index contributed by atoms with van der Waals surface area (Å²) < 4.78 is 5.71. The smallest absolute Gasteiger partial charge is 0.339 e. The van der Waals surface area contributed by atoms with E-state index in [1.165, 1.54) is 12.0 Å². The summed E-state index contributed by atoms with van der Waals surface area (Å²) in [6, 6.07) is 0. The Hall–Kier alpha value is -1.23. The zero-order valence-corrected chi connectivity index (χ0v) is 12.7. The number of carbonyl (C=O) groups excluding carboxylic acids is 1. The number of ether oxygens (including phenoxy) is 1. The summed E-state index contributed by atoms with van der Waals surface area (Å²) in [6.07, 6.45) is 4.72. The van der Waals surface area contributed by atoms with Gasteiger partial charge >= 0.3 is 5.97 Å². The monoisotopic (exact) mass is 290 g/mol. The van der Waals surface area contributed by atoms with Gasteiger partial charge in [0.15, 0.2) is 6.10 Å². The molecule has 2 heterocycles. The van der Waals surface area contributed by atoms with Crippen LogP contribution in [0.3, 0.4) is 0 Å². The number of fused-ring (bicyclic) bond motifs is 4. The topological polar surface area (TPSA) is 71.2 Å². The Morgan fingerprint density at radius 2 is 2.10 bits per heavy atom. The molecule has 2 aliphatic carbocycles. The Morgan fingerprint density at radius 3 is 2.81 bits per heavy atom. The third-order valence-corrected chi connectivity index (χ3v) is 6.24. The summed E-state index contributed by atoms with van der Waals surface area (Å²) >= 11 is 0. The van der Waals surface area contributed by atoms with Gasteiger partial charge in [0.25, 0.3) is 0 Å². The minimum absolute atomic E-state index is 0.0563. The first-order valence-corrected chi connectivity index (χ1v) is 7.95. The minimum Gasteiger partial charge on any atom is -0.453 e. The second kappa shape index (κ2) is 3.94. The fraction of sp³-hybridized carbons (Fsp3) is 0.812. The number of azo groups is 1. The van der Waals surface area contributed by atoms with Gasteiger partial charge in [-0.1, -0.05) is 12.5 Å². The number of hydrogen-bond acceptors (Lipinski definition) is 5. The second-order valence-electron chi connectivity index (χ2n) is 7.39. The largest absolute Gasteiger partial charge is 0.453 e. The van der Waals surface area contributed by atoms with E-state index in [1.807, 2.05) is 0 Å². The van der Waals surface area contributed by atoms with Crippen LogP contribution in [0.5, 0.6) is 0 Å². The standard InChI is InChI=1S/C16H22N2O3/c1-10-4-3-5-14(2)6-7-16(20)12(11(10)14)21-13(19)15(16)8-9-17-18-15/h12,20H,3-9H2,1-2H3/t12-,14+,15?,16-/m0/s1. The second-order valence-corrected chi connectivity index (χ2v) is 7.39. The maximum atomic E-state index is 12.5. The Morgan fingerprint density at radius 1 is 1.29 bits per heavy atom. The third-order valence-electron chi connectivity index (χ3n) is 6.24. The number of hydrogen-bond donors (Lipinski definition) is 1. The number of nitrogens with zero attached hydrogens (tertiary/aromatic N) is 2. The lowest BCUT2D eigenvalue weighted by Crippen LogP contribution is -2.60. The predicted molar refractivity (Wildman–Crippen MR) is 75.8 cm³/mol. The number of aliphatic hydroxyl groups is 1. The highest BCUT2D eigenvalue weighted by Crippen LogP contribution is 2.60. The van der Waals surface area contributed by atoms with Gasteiger partial charge in [-0.25, -0.2) is 4.79 Å². The van der Waals surface area contributed by atoms with Gasteiger partial charge in [-0.2, -0.15) is 10.2 Å². The molecule has 2 aliphatic heterocycles. The normalized spacial score (nSPS) is 48.5. The van der Waals surface area contributed by atoms with Crippen molar-refractivity contribution in [1.82, 2.24) is 0 Å². The average molecular weight is 290 g/mol. The molecule has 5 heteroatoms. The summed E-state index contributed by atoms with van der Waals surface area (Å²) in [5, 5.41) is 19.5. The lowest BCUT2D eigenvalue weighted by molar-refractivity contribution is -0.144. The van der Waals surface area contributed by atoms with Crippen molar-refractivity contribution >= 4 is 5.97 Å². The minimum atomic E-state index is -1.21. The zero-order chi connectivity index (χ0) is 14.9. The molecule has 1 saturated heterocycles. The average Bonchev–Trinajstić information content (AvgIpc) is 3.00. The van der Waals surface area contributed by atoms with Crippen LogP contribution in [-0.4, -0.2) is 34.9 Å². The molecule has 4 atom stereocenters. The summed E-state index contributed by atoms with van der Waals surface area (Å²) in [6.45, 7) is 4.87. The Balaban J connectivity index is 1.87. The lowest BCUT2D eigenvalue weighted by Gasteiger charge is -2.50. The van der Waals surface area contributed by atoms with Crippen LogP contribution in [-0.2, 0) is 9.53 Å². The lowest BCUT2D eigenvalue weighted by atomic mass is 9.56. The van der Waals surface area contributed by atoms with Crippen molar-refractivity contribution in [2.75, 3.05) is 6.54 Å². The molecular weight excluding hydrogens is 268 g/mol. The van der Waals surface area contributed by atoms with Crippen molar-refractivity contribution in [2.45, 2.75) is 69.6 Å². The van der Waals surface area contributed by atoms with Gasteiger partial charge in [0.1, 0.15) is 5.60 Å². The molecular formula is C16H22N2O3. The Bertz CT molecular complexity index is 584. The summed E-state index contributed by atoms with van der Waals surface area (Å²) in [7, 11) is 0. The number of esters is 1. The Kier molecular flexibility index (Phi) is 2.52. The van der Waals surface area contributed by atoms with Gasteiger partial charge in [0, 0.05) is 6.42 Å². The molecule has 0 bridgehead atoms. The molecule has 5 nitrogen and oxygen atoms in total. The molecule has 0 amide bonds. The van der Waals surface area contributed by atoms with Crippen LogP contribution in [0, 0.1) is 5.41 Å². The van der Waals surface area contributed by atoms with E-state index >= 15 is 0 Å². The quantitative estimate of drug-likeness (QED) is 0.550. The van der Waals surface area contributed by atoms with Crippen molar-refractivity contribution in [3.05, 3.63) is 11.1 Å². The molecule has 114 valence electrons. The van der Waals surface area contributed by atoms with Crippen molar-refractivity contribution in [3.8, 4) is 0 Å². The highest BCUT2D eigenvalue weighted by molar-refractivity contribution is 5.87. The van der Waals surface area contributed by atoms with Gasteiger partial charge in [-0.15, -0.1) is 0 Å². The highest BCUT2D eigenvalue weighted by atomic mass is 16.6. The van der Waals surface area contributed by atoms with E-state index in [4.69, 9.17) is 4.74 Å². The SMILES string of the molecule is CC1=C2[C@@H]3OC(=O)C4(CCN=N4)[C@]3(O)CC[C@@]2(C)CCC1. The molecule has 0 aromatic heterocycles. The van der Waals surface area contributed by atoms with Gasteiger partial charge in [0.2, 0.25) is 5.54 Å². The van der Waals surface area contributed by atoms with Crippen LogP contribution in [0.4, 0.5) is 0 Å². The molecule has 1 N–H and O–H groups in total. The summed E-state index contributed by atoms with van der Waals surface area (Å²) in [4.78, 5) is 12.5. The van der Waals surface area contributed by atoms with E-state index in [2.05, 4.69) is 24.1 Å². The van der Waals surface area contributed by atoms with E-state index in [-0.39, 0.29) is 11.4 Å². The summed E-state index contributed by atoms with van der Waals surface area (Å²) in [5.74, 6) is -0.383. The first-order chi connectivity index (χ1) is 9.93. The first kappa shape index (κ1) is 13.4. The van der Waals surface area contributed by atoms with E-state index in [0.717, 1.165) is 24.8 Å². The van der Waals surface area contributed by atoms with Crippen LogP contribution in [0.1, 0.15) is 52.4 Å². The van der Waals surface area contributed by atoms with E-state index in [1.54, 1.807) is 0 Å². The molecule has 2 fully saturated rings. The van der Waals surface area contributed by atoms with E-state index in [9.17, 15) is 9.90 Å². The number of allylic oxidation sites excluding steroid dienone is 1. The predicted octanol–water partition coefficient (Wildman–Crippen LogP) is 2.54.